The number of anilines is 1. The molecule has 1 saturated heterocycles. The molecule has 0 spiro atoms. The number of phenols is 1. The van der Waals surface area contributed by atoms with E-state index in [1.165, 1.54) is 0 Å². The van der Waals surface area contributed by atoms with E-state index in [4.69, 9.17) is 10.1 Å². The second-order valence-corrected chi connectivity index (χ2v) is 7.20. The van der Waals surface area contributed by atoms with Crippen molar-refractivity contribution in [2.24, 2.45) is 5.92 Å². The molecule has 0 bridgehead atoms. The highest BCUT2D eigenvalue weighted by Gasteiger charge is 2.26. The molecule has 2 heterocycles. The van der Waals surface area contributed by atoms with Crippen LogP contribution in [0.2, 0.25) is 0 Å². The van der Waals surface area contributed by atoms with Crippen LogP contribution < -0.4 is 10.2 Å². The van der Waals surface area contributed by atoms with Gasteiger partial charge in [0.05, 0.1) is 11.1 Å². The number of nitrogens with one attached hydrogen (secondary N) is 1. The van der Waals surface area contributed by atoms with Gasteiger partial charge in [-0.2, -0.15) is 0 Å². The van der Waals surface area contributed by atoms with Crippen LogP contribution in [0, 0.1) is 12.8 Å². The van der Waals surface area contributed by atoms with Crippen molar-refractivity contribution in [3.63, 3.8) is 0 Å². The van der Waals surface area contributed by atoms with Crippen molar-refractivity contribution >= 4 is 22.8 Å². The van der Waals surface area contributed by atoms with Gasteiger partial charge in [-0.15, -0.1) is 0 Å². The Morgan fingerprint density at radius 1 is 1.25 bits per heavy atom. The van der Waals surface area contributed by atoms with E-state index in [9.17, 15) is 9.90 Å². The fourth-order valence-electron chi connectivity index (χ4n) is 3.67. The quantitative estimate of drug-likeness (QED) is 0.644. The van der Waals surface area contributed by atoms with Gasteiger partial charge in [-0.3, -0.25) is 0 Å². The third-order valence-corrected chi connectivity index (χ3v) is 5.10. The van der Waals surface area contributed by atoms with E-state index < -0.39 is 6.09 Å². The lowest BCUT2D eigenvalue weighted by Crippen LogP contribution is -2.30. The van der Waals surface area contributed by atoms with Gasteiger partial charge in [0, 0.05) is 25.0 Å². The number of aromatic nitrogens is 2. The summed E-state index contributed by atoms with van der Waals surface area (Å²) < 4.78 is 0. The monoisotopic (exact) mass is 378 g/mol. The molecule has 144 valence electrons. The Morgan fingerprint density at radius 3 is 2.86 bits per heavy atom. The van der Waals surface area contributed by atoms with Gasteiger partial charge in [-0.1, -0.05) is 18.2 Å². The van der Waals surface area contributed by atoms with Crippen molar-refractivity contribution in [1.82, 2.24) is 15.3 Å². The highest BCUT2D eigenvalue weighted by molar-refractivity contribution is 5.92. The van der Waals surface area contributed by atoms with E-state index in [0.29, 0.717) is 17.9 Å². The molecule has 7 heteroatoms. The summed E-state index contributed by atoms with van der Waals surface area (Å²) >= 11 is 0. The Labute approximate surface area is 162 Å². The van der Waals surface area contributed by atoms with Crippen LogP contribution in [0.1, 0.15) is 12.0 Å². The number of aryl methyl sites for hydroxylation is 1. The Bertz CT molecular complexity index is 1040. The summed E-state index contributed by atoms with van der Waals surface area (Å²) in [5.74, 6) is 1.69. The number of carboxylic acid groups (broad SMARTS) is 1. The number of rotatable bonds is 4. The zero-order chi connectivity index (χ0) is 19.7. The summed E-state index contributed by atoms with van der Waals surface area (Å²) in [5.41, 5.74) is 2.52. The summed E-state index contributed by atoms with van der Waals surface area (Å²) in [6, 6.07) is 13.1. The van der Waals surface area contributed by atoms with Gasteiger partial charge >= 0.3 is 6.09 Å². The summed E-state index contributed by atoms with van der Waals surface area (Å²) in [5, 5.41) is 22.5. The van der Waals surface area contributed by atoms with E-state index in [2.05, 4.69) is 15.2 Å². The average Bonchev–Trinajstić information content (AvgIpc) is 3.14. The molecule has 7 nitrogen and oxygen atoms in total. The summed E-state index contributed by atoms with van der Waals surface area (Å²) in [7, 11) is 0. The Morgan fingerprint density at radius 2 is 2.07 bits per heavy atom. The third-order valence-electron chi connectivity index (χ3n) is 5.10. The van der Waals surface area contributed by atoms with Crippen molar-refractivity contribution in [3.8, 4) is 17.1 Å². The summed E-state index contributed by atoms with van der Waals surface area (Å²) in [6.07, 6.45) is -0.105. The molecule has 0 aliphatic carbocycles. The molecule has 1 aromatic heterocycles. The molecule has 1 atom stereocenters. The molecule has 4 rings (SSSR count). The normalized spacial score (nSPS) is 16.5. The second kappa shape index (κ2) is 7.34. The number of para-hydroxylation sites is 1. The van der Waals surface area contributed by atoms with Crippen LogP contribution in [0.4, 0.5) is 10.6 Å². The minimum Gasteiger partial charge on any atom is -0.507 e. The zero-order valence-electron chi connectivity index (χ0n) is 15.6. The minimum atomic E-state index is -0.997. The number of aromatic hydroxyl groups is 1. The van der Waals surface area contributed by atoms with Crippen LogP contribution in [-0.2, 0) is 0 Å². The van der Waals surface area contributed by atoms with Crippen LogP contribution in [0.15, 0.2) is 42.5 Å². The summed E-state index contributed by atoms with van der Waals surface area (Å²) in [6.45, 7) is 3.97. The number of benzene rings is 2. The predicted octanol–water partition coefficient (Wildman–Crippen LogP) is 3.40. The summed E-state index contributed by atoms with van der Waals surface area (Å²) in [4.78, 5) is 22.4. The van der Waals surface area contributed by atoms with Gasteiger partial charge in [0.15, 0.2) is 5.82 Å². The van der Waals surface area contributed by atoms with Crippen LogP contribution >= 0.6 is 0 Å². The molecule has 28 heavy (non-hydrogen) atoms. The minimum absolute atomic E-state index is 0.144. The molecule has 3 aromatic rings. The van der Waals surface area contributed by atoms with Crippen LogP contribution in [0.5, 0.6) is 5.75 Å². The lowest BCUT2D eigenvalue weighted by molar-refractivity contribution is 0.192. The maximum absolute atomic E-state index is 10.8. The van der Waals surface area contributed by atoms with Gasteiger partial charge in [-0.05, 0) is 49.1 Å². The lowest BCUT2D eigenvalue weighted by atomic mass is 10.1. The van der Waals surface area contributed by atoms with E-state index in [1.54, 1.807) is 18.2 Å². The molecule has 1 aliphatic heterocycles. The number of fused-ring (bicyclic) bond motifs is 1. The van der Waals surface area contributed by atoms with Crippen molar-refractivity contribution < 1.29 is 15.0 Å². The maximum atomic E-state index is 10.8. The van der Waals surface area contributed by atoms with E-state index in [-0.39, 0.29) is 11.7 Å². The van der Waals surface area contributed by atoms with E-state index >= 15 is 0 Å². The van der Waals surface area contributed by atoms with Crippen LogP contribution in [-0.4, -0.2) is 45.9 Å². The average molecular weight is 378 g/mol. The predicted molar refractivity (Wildman–Crippen MR) is 108 cm³/mol. The Balaban J connectivity index is 1.75. The SMILES string of the molecule is Cc1ccc2c(N3CCC(CNC(=O)O)C3)nc(-c3ccccc3O)nc2c1. The first kappa shape index (κ1) is 18.0. The first-order valence-electron chi connectivity index (χ1n) is 9.30. The Kier molecular flexibility index (Phi) is 4.73. The molecule has 1 fully saturated rings. The molecular formula is C21H22N4O3. The topological polar surface area (TPSA) is 98.6 Å². The van der Waals surface area contributed by atoms with Crippen LogP contribution in [0.3, 0.4) is 0 Å². The molecule has 1 amide bonds. The highest BCUT2D eigenvalue weighted by Crippen LogP contribution is 2.33. The van der Waals surface area contributed by atoms with E-state index in [1.807, 2.05) is 31.2 Å². The molecule has 2 aromatic carbocycles. The molecule has 3 N–H and O–H groups in total. The van der Waals surface area contributed by atoms with Crippen molar-refractivity contribution in [1.29, 1.82) is 0 Å². The Hall–Kier alpha value is -3.35. The molecular weight excluding hydrogens is 356 g/mol. The molecule has 1 unspecified atom stereocenters. The van der Waals surface area contributed by atoms with Gasteiger partial charge in [0.25, 0.3) is 0 Å². The molecule has 1 aliphatic rings. The zero-order valence-corrected chi connectivity index (χ0v) is 15.6. The fraction of sp³-hybridized carbons (Fsp3) is 0.286. The van der Waals surface area contributed by atoms with Gasteiger partial charge in [0.1, 0.15) is 11.6 Å². The van der Waals surface area contributed by atoms with Crippen molar-refractivity contribution in [2.75, 3.05) is 24.5 Å². The van der Waals surface area contributed by atoms with Gasteiger partial charge < -0.3 is 20.4 Å². The number of carbonyl (C=O) groups is 1. The highest BCUT2D eigenvalue weighted by atomic mass is 16.4. The second-order valence-electron chi connectivity index (χ2n) is 7.20. The third kappa shape index (κ3) is 3.55. The number of hydrogen-bond donors (Lipinski definition) is 3. The van der Waals surface area contributed by atoms with Crippen molar-refractivity contribution in [3.05, 3.63) is 48.0 Å². The maximum Gasteiger partial charge on any atom is 0.404 e. The number of phenolic OH excluding ortho intramolecular Hbond substituents is 1. The first-order chi connectivity index (χ1) is 13.5. The number of amides is 1. The number of nitrogens with zero attached hydrogens (tertiary/aromatic N) is 3. The first-order valence-corrected chi connectivity index (χ1v) is 9.30. The fourth-order valence-corrected chi connectivity index (χ4v) is 3.67. The van der Waals surface area contributed by atoms with Crippen LogP contribution in [0.25, 0.3) is 22.3 Å². The number of hydrogen-bond acceptors (Lipinski definition) is 5. The smallest absolute Gasteiger partial charge is 0.404 e. The van der Waals surface area contributed by atoms with E-state index in [0.717, 1.165) is 41.8 Å². The largest absolute Gasteiger partial charge is 0.507 e. The lowest BCUT2D eigenvalue weighted by Gasteiger charge is -2.20. The van der Waals surface area contributed by atoms with Crippen molar-refractivity contribution in [2.45, 2.75) is 13.3 Å². The molecule has 0 radical (unpaired) electrons. The standard InChI is InChI=1S/C21H22N4O3/c1-13-6-7-15-17(10-13)23-19(16-4-2-3-5-18(16)26)24-20(15)25-9-8-14(12-25)11-22-21(27)28/h2-7,10,14,22,26H,8-9,11-12H2,1H3,(H,27,28). The molecule has 0 saturated carbocycles. The van der Waals surface area contributed by atoms with Gasteiger partial charge in [-0.25, -0.2) is 14.8 Å². The van der Waals surface area contributed by atoms with Gasteiger partial charge in [0.2, 0.25) is 0 Å².